The van der Waals surface area contributed by atoms with E-state index in [4.69, 9.17) is 4.43 Å². The quantitative estimate of drug-likeness (QED) is 0.463. The first-order valence-corrected chi connectivity index (χ1v) is 9.79. The smallest absolute Gasteiger partial charge is 0.269 e. The van der Waals surface area contributed by atoms with Crippen LogP contribution in [-0.2, 0) is 9.22 Å². The van der Waals surface area contributed by atoms with Gasteiger partial charge in [-0.05, 0) is 42.8 Å². The molecule has 0 N–H and O–H groups in total. The maximum atomic E-state index is 11.9. The largest absolute Gasteiger partial charge is 0.403 e. The molecule has 0 radical (unpaired) electrons. The molecule has 1 aromatic rings. The van der Waals surface area contributed by atoms with E-state index in [2.05, 4.69) is 33.9 Å². The van der Waals surface area contributed by atoms with E-state index in [1.807, 2.05) is 0 Å². The van der Waals surface area contributed by atoms with E-state index >= 15 is 0 Å². The highest BCUT2D eigenvalue weighted by Gasteiger charge is 2.40. The number of carbonyl (C=O) groups excluding carboxylic acids is 1. The average Bonchev–Trinajstić information content (AvgIpc) is 2.34. The highest BCUT2D eigenvalue weighted by atomic mass is 28.4. The highest BCUT2D eigenvalue weighted by molar-refractivity contribution is 6.74. The number of carbonyl (C=O) groups is 1. The summed E-state index contributed by atoms with van der Waals surface area (Å²) < 4.78 is 6.17. The molecule has 0 saturated carbocycles. The van der Waals surface area contributed by atoms with Gasteiger partial charge in [0.25, 0.3) is 5.69 Å². The van der Waals surface area contributed by atoms with Gasteiger partial charge in [0.15, 0.2) is 14.1 Å². The van der Waals surface area contributed by atoms with Crippen molar-refractivity contribution < 1.29 is 14.1 Å². The van der Waals surface area contributed by atoms with Crippen LogP contribution in [0.5, 0.6) is 0 Å². The molecular weight excluding hydrogens is 286 g/mol. The van der Waals surface area contributed by atoms with Crippen LogP contribution in [0.2, 0.25) is 18.1 Å². The number of rotatable bonds is 5. The molecule has 0 bridgehead atoms. The molecule has 0 amide bonds. The zero-order chi connectivity index (χ0) is 16.4. The number of Topliss-reactive ketones (excluding diaryl/α,β-unsaturated/α-hetero) is 1. The third-order valence-corrected chi connectivity index (χ3v) is 8.43. The summed E-state index contributed by atoms with van der Waals surface area (Å²) in [7, 11) is -2.10. The van der Waals surface area contributed by atoms with E-state index in [9.17, 15) is 14.9 Å². The van der Waals surface area contributed by atoms with Crippen LogP contribution in [0.4, 0.5) is 5.69 Å². The van der Waals surface area contributed by atoms with Crippen molar-refractivity contribution in [3.63, 3.8) is 0 Å². The van der Waals surface area contributed by atoms with Gasteiger partial charge in [0.1, 0.15) is 6.10 Å². The summed E-state index contributed by atoms with van der Waals surface area (Å²) in [6.45, 7) is 12.0. The van der Waals surface area contributed by atoms with Gasteiger partial charge in [-0.15, -0.1) is 0 Å². The first kappa shape index (κ1) is 17.5. The highest BCUT2D eigenvalue weighted by Crippen LogP contribution is 2.40. The predicted molar refractivity (Wildman–Crippen MR) is 84.8 cm³/mol. The molecule has 1 atom stereocenters. The monoisotopic (exact) mass is 309 g/mol. The van der Waals surface area contributed by atoms with E-state index in [-0.39, 0.29) is 16.5 Å². The van der Waals surface area contributed by atoms with E-state index < -0.39 is 19.3 Å². The Bertz CT molecular complexity index is 532. The molecule has 5 nitrogen and oxygen atoms in total. The van der Waals surface area contributed by atoms with Crippen LogP contribution >= 0.6 is 0 Å². The minimum absolute atomic E-state index is 0.00776. The van der Waals surface area contributed by atoms with E-state index in [1.165, 1.54) is 19.1 Å². The van der Waals surface area contributed by atoms with Crippen molar-refractivity contribution in [1.29, 1.82) is 0 Å². The number of hydrogen-bond acceptors (Lipinski definition) is 4. The van der Waals surface area contributed by atoms with Crippen molar-refractivity contribution in [1.82, 2.24) is 0 Å². The lowest BCUT2D eigenvalue weighted by molar-refractivity contribution is -0.384. The second-order valence-corrected chi connectivity index (χ2v) is 11.5. The number of hydrogen-bond donors (Lipinski definition) is 0. The lowest BCUT2D eigenvalue weighted by Crippen LogP contribution is -2.43. The van der Waals surface area contributed by atoms with Gasteiger partial charge in [-0.1, -0.05) is 20.8 Å². The van der Waals surface area contributed by atoms with Crippen LogP contribution in [0, 0.1) is 10.1 Å². The SMILES string of the molecule is CC(=O)C(O[Si](C)(C)C(C)(C)C)c1ccc([N+](=O)[O-])cc1. The lowest BCUT2D eigenvalue weighted by Gasteiger charge is -2.38. The molecule has 0 aliphatic heterocycles. The molecule has 0 fully saturated rings. The first-order chi connectivity index (χ1) is 9.45. The maximum absolute atomic E-state index is 11.9. The van der Waals surface area contributed by atoms with Crippen LogP contribution in [-0.4, -0.2) is 19.0 Å². The molecule has 0 heterocycles. The van der Waals surface area contributed by atoms with Crippen LogP contribution < -0.4 is 0 Å². The molecule has 116 valence electrons. The van der Waals surface area contributed by atoms with Crippen molar-refractivity contribution in [3.05, 3.63) is 39.9 Å². The number of nitrogens with zero attached hydrogens (tertiary/aromatic N) is 1. The molecule has 1 rings (SSSR count). The van der Waals surface area contributed by atoms with Crippen molar-refractivity contribution in [2.45, 2.75) is 51.9 Å². The summed E-state index contributed by atoms with van der Waals surface area (Å²) in [5.74, 6) is -0.0892. The normalized spacial score (nSPS) is 13.8. The summed E-state index contributed by atoms with van der Waals surface area (Å²) in [6.07, 6.45) is -0.660. The van der Waals surface area contributed by atoms with Crippen molar-refractivity contribution in [2.24, 2.45) is 0 Å². The average molecular weight is 309 g/mol. The first-order valence-electron chi connectivity index (χ1n) is 6.88. The number of benzene rings is 1. The van der Waals surface area contributed by atoms with Crippen LogP contribution in [0.3, 0.4) is 0 Å². The fraction of sp³-hybridized carbons (Fsp3) is 0.533. The van der Waals surface area contributed by atoms with Gasteiger partial charge in [0, 0.05) is 12.1 Å². The maximum Gasteiger partial charge on any atom is 0.269 e. The zero-order valence-electron chi connectivity index (χ0n) is 13.5. The molecule has 21 heavy (non-hydrogen) atoms. The Kier molecular flexibility index (Phi) is 5.06. The molecule has 6 heteroatoms. The third kappa shape index (κ3) is 4.22. The number of non-ortho nitro benzene ring substituents is 1. The molecule has 0 spiro atoms. The van der Waals surface area contributed by atoms with Gasteiger partial charge in [-0.3, -0.25) is 14.9 Å². The van der Waals surface area contributed by atoms with E-state index in [1.54, 1.807) is 12.1 Å². The topological polar surface area (TPSA) is 69.4 Å². The summed E-state index contributed by atoms with van der Waals surface area (Å²) >= 11 is 0. The Morgan fingerprint density at radius 2 is 1.71 bits per heavy atom. The van der Waals surface area contributed by atoms with Gasteiger partial charge in [-0.2, -0.15) is 0 Å². The van der Waals surface area contributed by atoms with Crippen LogP contribution in [0.15, 0.2) is 24.3 Å². The minimum atomic E-state index is -2.10. The number of ketones is 1. The van der Waals surface area contributed by atoms with Gasteiger partial charge in [-0.25, -0.2) is 0 Å². The Labute approximate surface area is 126 Å². The second kappa shape index (κ2) is 6.07. The van der Waals surface area contributed by atoms with Gasteiger partial charge >= 0.3 is 0 Å². The lowest BCUT2D eigenvalue weighted by atomic mass is 10.1. The molecule has 0 aliphatic rings. The molecule has 1 aromatic carbocycles. The van der Waals surface area contributed by atoms with Crippen LogP contribution in [0.1, 0.15) is 39.4 Å². The third-order valence-electron chi connectivity index (χ3n) is 3.99. The molecule has 0 saturated heterocycles. The Morgan fingerprint density at radius 3 is 2.05 bits per heavy atom. The summed E-state index contributed by atoms with van der Waals surface area (Å²) in [6, 6.07) is 6.00. The standard InChI is InChI=1S/C15H23NO4Si/c1-11(17)14(20-21(5,6)15(2,3)4)12-7-9-13(10-8-12)16(18)19/h7-10,14H,1-6H3. The Morgan fingerprint density at radius 1 is 1.24 bits per heavy atom. The minimum Gasteiger partial charge on any atom is -0.403 e. The van der Waals surface area contributed by atoms with E-state index in [0.717, 1.165) is 0 Å². The molecule has 0 aromatic heterocycles. The van der Waals surface area contributed by atoms with Crippen molar-refractivity contribution in [3.8, 4) is 0 Å². The van der Waals surface area contributed by atoms with Gasteiger partial charge in [0.05, 0.1) is 4.92 Å². The van der Waals surface area contributed by atoms with Crippen molar-refractivity contribution >= 4 is 19.8 Å². The van der Waals surface area contributed by atoms with E-state index in [0.29, 0.717) is 5.56 Å². The predicted octanol–water partition coefficient (Wildman–Crippen LogP) is 4.25. The Hall–Kier alpha value is -1.53. The van der Waals surface area contributed by atoms with Gasteiger partial charge in [0.2, 0.25) is 0 Å². The molecular formula is C15H23NO4Si. The Balaban J connectivity index is 3.08. The zero-order valence-corrected chi connectivity index (χ0v) is 14.5. The number of nitro groups is 1. The summed E-state index contributed by atoms with van der Waals surface area (Å²) in [5, 5.41) is 10.7. The molecule has 1 unspecified atom stereocenters. The second-order valence-electron chi connectivity index (χ2n) is 6.72. The van der Waals surface area contributed by atoms with Crippen LogP contribution in [0.25, 0.3) is 0 Å². The summed E-state index contributed by atoms with van der Waals surface area (Å²) in [5.41, 5.74) is 0.673. The van der Waals surface area contributed by atoms with Crippen molar-refractivity contribution in [2.75, 3.05) is 0 Å². The summed E-state index contributed by atoms with van der Waals surface area (Å²) in [4.78, 5) is 22.2. The van der Waals surface area contributed by atoms with Gasteiger partial charge < -0.3 is 4.43 Å². The fourth-order valence-electron chi connectivity index (χ4n) is 1.63. The molecule has 0 aliphatic carbocycles. The number of nitro benzene ring substituents is 1. The fourth-order valence-corrected chi connectivity index (χ4v) is 2.87.